The third kappa shape index (κ3) is 18.7. The zero-order valence-electron chi connectivity index (χ0n) is 29.2. The molecule has 0 radical (unpaired) electrons. The van der Waals surface area contributed by atoms with E-state index in [0.29, 0.717) is 0 Å². The number of aliphatic hydroxyl groups is 18. The van der Waals surface area contributed by atoms with E-state index in [1.807, 2.05) is 0 Å². The zero-order chi connectivity index (χ0) is 43.5. The fraction of sp³-hybridized carbons (Fsp3) is 0.893. The Hall–Kier alpha value is -2.27. The Morgan fingerprint density at radius 2 is 1.16 bits per heavy atom. The maximum absolute atomic E-state index is 9.94. The van der Waals surface area contributed by atoms with Gasteiger partial charge in [-0.3, -0.25) is 4.79 Å². The SMILES string of the molecule is CC(=O)O.CC(O)C(=O)O.O=C[C@H](O)[C@@H](O)[C@H](O)[C@H](O)CO.OC1OC[C@@H](O)[C@H](O)[C@H]1O.OC[C@H]1O[C@@H](O[C@H]2[C@H](O)[C@@H](O)[C@H](O)O[C@@H]2CO)[C@H](O)[C@@H](O)[C@@H]1O. The van der Waals surface area contributed by atoms with E-state index in [-0.39, 0.29) is 12.9 Å². The molecule has 3 heterocycles. The molecule has 55 heavy (non-hydrogen) atoms. The lowest BCUT2D eigenvalue weighted by Gasteiger charge is -2.45. The second-order valence-corrected chi connectivity index (χ2v) is 11.7. The van der Waals surface area contributed by atoms with Crippen molar-refractivity contribution in [1.82, 2.24) is 0 Å². The quantitative estimate of drug-likeness (QED) is 0.0910. The Morgan fingerprint density at radius 1 is 0.691 bits per heavy atom. The van der Waals surface area contributed by atoms with Gasteiger partial charge in [0.15, 0.2) is 25.2 Å². The average molecular weight is 823 g/mol. The lowest BCUT2D eigenvalue weighted by atomic mass is 9.97. The van der Waals surface area contributed by atoms with Crippen LogP contribution in [0.3, 0.4) is 0 Å². The molecule has 0 bridgehead atoms. The molecular weight excluding hydrogens is 768 g/mol. The van der Waals surface area contributed by atoms with Gasteiger partial charge in [-0.05, 0) is 6.92 Å². The number of rotatable bonds is 10. The Morgan fingerprint density at radius 3 is 1.56 bits per heavy atom. The predicted molar refractivity (Wildman–Crippen MR) is 168 cm³/mol. The molecule has 0 amide bonds. The number of aliphatic hydroxyl groups excluding tert-OH is 18. The van der Waals surface area contributed by atoms with E-state index in [4.69, 9.17) is 85.4 Å². The first-order valence-corrected chi connectivity index (χ1v) is 15.9. The van der Waals surface area contributed by atoms with E-state index in [1.165, 1.54) is 6.92 Å². The van der Waals surface area contributed by atoms with E-state index < -0.39 is 148 Å². The Balaban J connectivity index is 0. The molecule has 19 atom stereocenters. The van der Waals surface area contributed by atoms with E-state index >= 15 is 0 Å². The molecular formula is C28H54O27. The fourth-order valence-corrected chi connectivity index (χ4v) is 3.98. The molecule has 0 aromatic heterocycles. The molecule has 0 saturated carbocycles. The highest BCUT2D eigenvalue weighted by Gasteiger charge is 2.50. The van der Waals surface area contributed by atoms with Gasteiger partial charge in [0.25, 0.3) is 5.97 Å². The summed E-state index contributed by atoms with van der Waals surface area (Å²) in [6, 6.07) is 0. The van der Waals surface area contributed by atoms with Gasteiger partial charge in [-0.1, -0.05) is 0 Å². The van der Waals surface area contributed by atoms with Crippen molar-refractivity contribution in [3.05, 3.63) is 0 Å². The van der Waals surface area contributed by atoms with E-state index in [1.54, 1.807) is 0 Å². The fourth-order valence-electron chi connectivity index (χ4n) is 3.98. The number of ether oxygens (including phenoxy) is 4. The minimum Gasteiger partial charge on any atom is -0.481 e. The molecule has 20 N–H and O–H groups in total. The number of aliphatic carboxylic acids is 2. The molecule has 0 spiro atoms. The molecule has 328 valence electrons. The summed E-state index contributed by atoms with van der Waals surface area (Å²) >= 11 is 0. The van der Waals surface area contributed by atoms with E-state index in [9.17, 15) is 45.3 Å². The molecule has 3 fully saturated rings. The summed E-state index contributed by atoms with van der Waals surface area (Å²) < 4.78 is 19.7. The van der Waals surface area contributed by atoms with Crippen LogP contribution in [0.25, 0.3) is 0 Å². The summed E-state index contributed by atoms with van der Waals surface area (Å²) in [7, 11) is 0. The Kier molecular flexibility index (Phi) is 27.3. The molecule has 27 nitrogen and oxygen atoms in total. The first-order valence-electron chi connectivity index (χ1n) is 15.9. The van der Waals surface area contributed by atoms with Crippen LogP contribution >= 0.6 is 0 Å². The van der Waals surface area contributed by atoms with Crippen molar-refractivity contribution in [2.24, 2.45) is 0 Å². The van der Waals surface area contributed by atoms with Crippen molar-refractivity contribution in [1.29, 1.82) is 0 Å². The van der Waals surface area contributed by atoms with Crippen LogP contribution in [0, 0.1) is 0 Å². The number of carboxylic acids is 2. The maximum atomic E-state index is 9.94. The van der Waals surface area contributed by atoms with Crippen LogP contribution in [-0.4, -0.2) is 263 Å². The zero-order valence-corrected chi connectivity index (χ0v) is 29.2. The van der Waals surface area contributed by atoms with Gasteiger partial charge in [0.1, 0.15) is 97.7 Å². The van der Waals surface area contributed by atoms with Gasteiger partial charge in [0.05, 0.1) is 26.4 Å². The standard InChI is InChI=1S/C12H22O11.C6H12O6.C5H10O5.C3H6O3.C2H4O2/c13-1-3-5(15)6(16)9(19)12(22-3)23-10-4(2-14)21-11(20)8(18)7(10)17;7-1-3(9)5(11)6(12)4(10)2-8;6-2-1-10-5(9)4(8)3(2)7;1-2(4)3(5)6;1-2(3)4/h3-20H,1-2H2;1,3-6,8-12H,2H2;2-9H,1H2;2,4H,1H3,(H,5,6);1H3,(H,3,4)/t3-,4-,5-,6+,7-,8-,9-,10-,11-,12+;3-,4+,5+,6+;2-,3+,4-,5?;;/m101../s1. The minimum absolute atomic E-state index is 0.0258. The number of aldehydes is 1. The van der Waals surface area contributed by atoms with Gasteiger partial charge in [0, 0.05) is 6.92 Å². The topological polar surface area (TPSA) is 493 Å². The highest BCUT2D eigenvalue weighted by Crippen LogP contribution is 2.28. The average Bonchev–Trinajstić information content (AvgIpc) is 3.14. The van der Waals surface area contributed by atoms with Crippen LogP contribution in [0.15, 0.2) is 0 Å². The van der Waals surface area contributed by atoms with Crippen molar-refractivity contribution < 1.29 is 135 Å². The molecule has 0 aromatic carbocycles. The predicted octanol–water partition coefficient (Wildman–Crippen LogP) is -11.8. The molecule has 3 rings (SSSR count). The van der Waals surface area contributed by atoms with Crippen LogP contribution < -0.4 is 0 Å². The molecule has 0 aromatic rings. The van der Waals surface area contributed by atoms with Crippen molar-refractivity contribution in [3.63, 3.8) is 0 Å². The molecule has 3 saturated heterocycles. The second kappa shape index (κ2) is 27.4. The second-order valence-electron chi connectivity index (χ2n) is 11.7. The van der Waals surface area contributed by atoms with Crippen LogP contribution in [0.4, 0.5) is 0 Å². The normalized spacial score (nSPS) is 37.1. The maximum Gasteiger partial charge on any atom is 0.332 e. The van der Waals surface area contributed by atoms with Crippen molar-refractivity contribution in [2.45, 2.75) is 130 Å². The number of hydrogen-bond donors (Lipinski definition) is 20. The van der Waals surface area contributed by atoms with Crippen LogP contribution in [0.1, 0.15) is 13.8 Å². The van der Waals surface area contributed by atoms with Gasteiger partial charge in [0.2, 0.25) is 0 Å². The van der Waals surface area contributed by atoms with Gasteiger partial charge in [-0.2, -0.15) is 0 Å². The number of carboxylic acid groups (broad SMARTS) is 2. The van der Waals surface area contributed by atoms with Crippen molar-refractivity contribution in [2.75, 3.05) is 26.4 Å². The molecule has 27 heteroatoms. The van der Waals surface area contributed by atoms with Gasteiger partial charge >= 0.3 is 5.97 Å². The highest BCUT2D eigenvalue weighted by molar-refractivity contribution is 5.71. The highest BCUT2D eigenvalue weighted by atomic mass is 16.7. The number of hydrogen-bond acceptors (Lipinski definition) is 25. The van der Waals surface area contributed by atoms with Crippen LogP contribution in [0.5, 0.6) is 0 Å². The first kappa shape index (κ1) is 54.8. The molecule has 3 aliphatic rings. The summed E-state index contributed by atoms with van der Waals surface area (Å²) in [6.07, 6.45) is -28.9. The lowest BCUT2D eigenvalue weighted by molar-refractivity contribution is -0.355. The molecule has 3 aliphatic heterocycles. The van der Waals surface area contributed by atoms with Gasteiger partial charge in [-0.25, -0.2) is 4.79 Å². The van der Waals surface area contributed by atoms with Crippen molar-refractivity contribution in [3.8, 4) is 0 Å². The number of carbonyl (C=O) groups is 3. The third-order valence-corrected chi connectivity index (χ3v) is 7.23. The molecule has 2 unspecified atom stereocenters. The van der Waals surface area contributed by atoms with Crippen LogP contribution in [0.2, 0.25) is 0 Å². The minimum atomic E-state index is -1.79. The van der Waals surface area contributed by atoms with Crippen molar-refractivity contribution >= 4 is 18.2 Å². The summed E-state index contributed by atoms with van der Waals surface area (Å²) in [6.45, 7) is 0.0216. The largest absolute Gasteiger partial charge is 0.481 e. The van der Waals surface area contributed by atoms with E-state index in [0.717, 1.165) is 6.92 Å². The number of carbonyl (C=O) groups excluding carboxylic acids is 1. The summed E-state index contributed by atoms with van der Waals surface area (Å²) in [5.74, 6) is -2.02. The Bertz CT molecular complexity index is 1030. The van der Waals surface area contributed by atoms with Gasteiger partial charge < -0.3 is 126 Å². The smallest absolute Gasteiger partial charge is 0.332 e. The summed E-state index contributed by atoms with van der Waals surface area (Å²) in [5.41, 5.74) is 0. The monoisotopic (exact) mass is 822 g/mol. The third-order valence-electron chi connectivity index (χ3n) is 7.23. The summed E-state index contributed by atoms with van der Waals surface area (Å²) in [5, 5.41) is 178. The van der Waals surface area contributed by atoms with E-state index in [2.05, 4.69) is 4.74 Å². The lowest BCUT2D eigenvalue weighted by Crippen LogP contribution is -2.64. The van der Waals surface area contributed by atoms with Crippen LogP contribution in [-0.2, 0) is 33.3 Å². The summed E-state index contributed by atoms with van der Waals surface area (Å²) in [4.78, 5) is 28.3. The first-order chi connectivity index (χ1) is 25.4. The van der Waals surface area contributed by atoms with Gasteiger partial charge in [-0.15, -0.1) is 0 Å². The Labute approximate surface area is 310 Å². The molecule has 0 aliphatic carbocycles.